The average molecular weight is 229 g/mol. The predicted molar refractivity (Wildman–Crippen MR) is 68.7 cm³/mol. The molecule has 2 aliphatic carbocycles. The molecule has 0 spiro atoms. The number of carbonyl (C=O) groups is 1. The summed E-state index contributed by atoms with van der Waals surface area (Å²) >= 11 is 0. The van der Waals surface area contributed by atoms with E-state index in [9.17, 15) is 4.79 Å². The second-order valence-electron chi connectivity index (χ2n) is 5.49. The van der Waals surface area contributed by atoms with E-state index in [4.69, 9.17) is 0 Å². The highest BCUT2D eigenvalue weighted by Gasteiger charge is 2.54. The highest BCUT2D eigenvalue weighted by molar-refractivity contribution is 5.94. The number of nitrogens with one attached hydrogen (secondary N) is 1. The zero-order chi connectivity index (χ0) is 11.8. The van der Waals surface area contributed by atoms with Crippen LogP contribution in [0.1, 0.15) is 31.2 Å². The number of benzene rings is 1. The molecule has 2 saturated carbocycles. The summed E-state index contributed by atoms with van der Waals surface area (Å²) in [4.78, 5) is 12.1. The van der Waals surface area contributed by atoms with Crippen LogP contribution in [0.25, 0.3) is 0 Å². The van der Waals surface area contributed by atoms with Crippen LogP contribution in [0.15, 0.2) is 24.3 Å². The first-order valence-corrected chi connectivity index (χ1v) is 6.63. The van der Waals surface area contributed by atoms with E-state index in [1.54, 1.807) is 0 Å². The van der Waals surface area contributed by atoms with Crippen LogP contribution in [0.2, 0.25) is 0 Å². The van der Waals surface area contributed by atoms with Gasteiger partial charge >= 0.3 is 0 Å². The molecule has 2 aliphatic rings. The van der Waals surface area contributed by atoms with Crippen molar-refractivity contribution in [1.29, 1.82) is 0 Å². The second kappa shape index (κ2) is 4.17. The number of carbonyl (C=O) groups excluding carboxylic acids is 1. The van der Waals surface area contributed by atoms with Crippen LogP contribution in [-0.4, -0.2) is 5.91 Å². The summed E-state index contributed by atoms with van der Waals surface area (Å²) in [6.45, 7) is 2.06. The molecule has 0 heterocycles. The van der Waals surface area contributed by atoms with Crippen molar-refractivity contribution in [2.24, 2.45) is 17.8 Å². The van der Waals surface area contributed by atoms with Gasteiger partial charge in [-0.15, -0.1) is 0 Å². The van der Waals surface area contributed by atoms with E-state index in [1.165, 1.54) is 31.2 Å². The fraction of sp³-hybridized carbons (Fsp3) is 0.533. The molecule has 1 N–H and O–H groups in total. The Bertz CT molecular complexity index is 411. The molecule has 3 rings (SSSR count). The molecule has 1 amide bonds. The Morgan fingerprint density at radius 3 is 2.29 bits per heavy atom. The largest absolute Gasteiger partial charge is 0.326 e. The summed E-state index contributed by atoms with van der Waals surface area (Å²) in [5.74, 6) is 1.92. The van der Waals surface area contributed by atoms with Crippen molar-refractivity contribution in [3.63, 3.8) is 0 Å². The van der Waals surface area contributed by atoms with Gasteiger partial charge in [0.15, 0.2) is 0 Å². The maximum absolute atomic E-state index is 12.1. The Hall–Kier alpha value is -1.31. The Kier molecular flexibility index (Phi) is 2.65. The van der Waals surface area contributed by atoms with Gasteiger partial charge in [-0.3, -0.25) is 4.79 Å². The van der Waals surface area contributed by atoms with Crippen LogP contribution in [0.5, 0.6) is 0 Å². The second-order valence-corrected chi connectivity index (χ2v) is 5.49. The van der Waals surface area contributed by atoms with Crippen LogP contribution in [0.4, 0.5) is 5.69 Å². The van der Waals surface area contributed by atoms with Gasteiger partial charge in [0, 0.05) is 11.6 Å². The van der Waals surface area contributed by atoms with Crippen LogP contribution >= 0.6 is 0 Å². The lowest BCUT2D eigenvalue weighted by molar-refractivity contribution is -0.117. The molecule has 17 heavy (non-hydrogen) atoms. The lowest BCUT2D eigenvalue weighted by Crippen LogP contribution is -2.15. The van der Waals surface area contributed by atoms with E-state index >= 15 is 0 Å². The van der Waals surface area contributed by atoms with Crippen molar-refractivity contribution < 1.29 is 4.79 Å². The molecule has 0 saturated heterocycles. The third-order valence-electron chi connectivity index (χ3n) is 4.28. The topological polar surface area (TPSA) is 29.1 Å². The molecule has 1 aromatic rings. The molecular weight excluding hydrogens is 210 g/mol. The summed E-state index contributed by atoms with van der Waals surface area (Å²) in [5.41, 5.74) is 2.16. The zero-order valence-corrected chi connectivity index (χ0v) is 10.3. The van der Waals surface area contributed by atoms with E-state index in [0.29, 0.717) is 17.8 Å². The predicted octanol–water partition coefficient (Wildman–Crippen LogP) is 3.37. The van der Waals surface area contributed by atoms with Crippen molar-refractivity contribution in [3.05, 3.63) is 29.8 Å². The summed E-state index contributed by atoms with van der Waals surface area (Å²) in [7, 11) is 0. The molecule has 2 heteroatoms. The molecule has 0 aliphatic heterocycles. The zero-order valence-electron chi connectivity index (χ0n) is 10.3. The number of rotatable bonds is 2. The minimum Gasteiger partial charge on any atom is -0.326 e. The summed E-state index contributed by atoms with van der Waals surface area (Å²) in [6.07, 6.45) is 5.15. The Morgan fingerprint density at radius 2 is 1.71 bits per heavy atom. The molecule has 0 bridgehead atoms. The van der Waals surface area contributed by atoms with Crippen LogP contribution in [0, 0.1) is 24.7 Å². The quantitative estimate of drug-likeness (QED) is 0.827. The third-order valence-corrected chi connectivity index (χ3v) is 4.28. The standard InChI is InChI=1S/C15H19NO/c1-10-6-8-11(9-7-10)16-15(17)14-12-4-2-3-5-13(12)14/h6-9,12-14H,2-5H2,1H3,(H,16,17)/t12-,13-/m0/s1. The maximum Gasteiger partial charge on any atom is 0.228 e. The van der Waals surface area contributed by atoms with Crippen LogP contribution in [0.3, 0.4) is 0 Å². The molecule has 0 aromatic heterocycles. The van der Waals surface area contributed by atoms with Crippen molar-refractivity contribution in [2.75, 3.05) is 5.32 Å². The van der Waals surface area contributed by atoms with Gasteiger partial charge in [-0.05, 0) is 43.7 Å². The van der Waals surface area contributed by atoms with Gasteiger partial charge in [0.1, 0.15) is 0 Å². The summed E-state index contributed by atoms with van der Waals surface area (Å²) in [5, 5.41) is 3.05. The Balaban J connectivity index is 1.62. The van der Waals surface area contributed by atoms with E-state index in [1.807, 2.05) is 24.3 Å². The molecule has 0 radical (unpaired) electrons. The summed E-state index contributed by atoms with van der Waals surface area (Å²) < 4.78 is 0. The minimum absolute atomic E-state index is 0.241. The average Bonchev–Trinajstić information content (AvgIpc) is 3.06. The lowest BCUT2D eigenvalue weighted by atomic mass is 10.0. The summed E-state index contributed by atoms with van der Waals surface area (Å²) in [6, 6.07) is 8.05. The molecule has 90 valence electrons. The van der Waals surface area contributed by atoms with E-state index in [0.717, 1.165) is 5.69 Å². The number of fused-ring (bicyclic) bond motifs is 1. The maximum atomic E-state index is 12.1. The highest BCUT2D eigenvalue weighted by Crippen LogP contribution is 2.55. The molecular formula is C15H19NO. The third kappa shape index (κ3) is 2.08. The smallest absolute Gasteiger partial charge is 0.228 e. The SMILES string of the molecule is Cc1ccc(NC(=O)C2[C@H]3CCCC[C@H]23)cc1. The molecule has 2 nitrogen and oxygen atoms in total. The fourth-order valence-electron chi connectivity index (χ4n) is 3.24. The van der Waals surface area contributed by atoms with Gasteiger partial charge in [0.2, 0.25) is 5.91 Å². The monoisotopic (exact) mass is 229 g/mol. The Labute approximate surface area is 102 Å². The first kappa shape index (κ1) is 10.8. The number of hydrogen-bond donors (Lipinski definition) is 1. The van der Waals surface area contributed by atoms with Gasteiger partial charge in [0.05, 0.1) is 0 Å². The van der Waals surface area contributed by atoms with Crippen molar-refractivity contribution >= 4 is 11.6 Å². The molecule has 1 aromatic carbocycles. The van der Waals surface area contributed by atoms with Gasteiger partial charge in [-0.1, -0.05) is 30.5 Å². The number of amides is 1. The van der Waals surface area contributed by atoms with Crippen molar-refractivity contribution in [2.45, 2.75) is 32.6 Å². The molecule has 0 unspecified atom stereocenters. The molecule has 2 fully saturated rings. The number of hydrogen-bond acceptors (Lipinski definition) is 1. The van der Waals surface area contributed by atoms with Crippen LogP contribution in [-0.2, 0) is 4.79 Å². The van der Waals surface area contributed by atoms with Crippen molar-refractivity contribution in [3.8, 4) is 0 Å². The van der Waals surface area contributed by atoms with E-state index < -0.39 is 0 Å². The van der Waals surface area contributed by atoms with Crippen LogP contribution < -0.4 is 5.32 Å². The fourth-order valence-corrected chi connectivity index (χ4v) is 3.24. The normalized spacial score (nSPS) is 30.5. The number of aryl methyl sites for hydroxylation is 1. The van der Waals surface area contributed by atoms with Gasteiger partial charge < -0.3 is 5.32 Å². The van der Waals surface area contributed by atoms with Crippen molar-refractivity contribution in [1.82, 2.24) is 0 Å². The Morgan fingerprint density at radius 1 is 1.12 bits per heavy atom. The van der Waals surface area contributed by atoms with E-state index in [2.05, 4.69) is 12.2 Å². The molecule has 2 atom stereocenters. The van der Waals surface area contributed by atoms with Gasteiger partial charge in [-0.2, -0.15) is 0 Å². The van der Waals surface area contributed by atoms with Gasteiger partial charge in [0.25, 0.3) is 0 Å². The minimum atomic E-state index is 0.241. The van der Waals surface area contributed by atoms with E-state index in [-0.39, 0.29) is 5.91 Å². The van der Waals surface area contributed by atoms with Gasteiger partial charge in [-0.25, -0.2) is 0 Å². The highest BCUT2D eigenvalue weighted by atomic mass is 16.2. The number of anilines is 1. The first-order chi connectivity index (χ1) is 8.25. The first-order valence-electron chi connectivity index (χ1n) is 6.63. The lowest BCUT2D eigenvalue weighted by Gasteiger charge is -2.04.